The highest BCUT2D eigenvalue weighted by molar-refractivity contribution is 5.59. The second-order valence-corrected chi connectivity index (χ2v) is 3.17. The second-order valence-electron chi connectivity index (χ2n) is 3.17. The van der Waals surface area contributed by atoms with Crippen molar-refractivity contribution in [2.75, 3.05) is 0 Å². The van der Waals surface area contributed by atoms with Crippen molar-refractivity contribution >= 4 is 0 Å². The van der Waals surface area contributed by atoms with Crippen LogP contribution in [0.2, 0.25) is 0 Å². The van der Waals surface area contributed by atoms with Crippen molar-refractivity contribution in [2.45, 2.75) is 13.3 Å². The normalized spacial score (nSPS) is 10.2. The first-order chi connectivity index (χ1) is 7.31. The van der Waals surface area contributed by atoms with Gasteiger partial charge in [-0.3, -0.25) is 9.78 Å². The minimum Gasteiger partial charge on any atom is -0.310 e. The fourth-order valence-corrected chi connectivity index (χ4v) is 1.34. The van der Waals surface area contributed by atoms with E-state index in [0.29, 0.717) is 11.4 Å². The minimum absolute atomic E-state index is 0.116. The fourth-order valence-electron chi connectivity index (χ4n) is 1.34. The highest BCUT2D eigenvalue weighted by atomic mass is 16.1. The van der Waals surface area contributed by atoms with Crippen molar-refractivity contribution in [1.82, 2.24) is 15.0 Å². The van der Waals surface area contributed by atoms with Gasteiger partial charge in [0.1, 0.15) is 5.82 Å². The summed E-state index contributed by atoms with van der Waals surface area (Å²) in [7, 11) is 0. The van der Waals surface area contributed by atoms with Crippen LogP contribution in [-0.2, 0) is 6.42 Å². The van der Waals surface area contributed by atoms with Crippen molar-refractivity contribution < 1.29 is 0 Å². The lowest BCUT2D eigenvalue weighted by atomic mass is 10.1. The molecule has 0 aromatic carbocycles. The Balaban J connectivity index is 2.51. The molecular weight excluding hydrogens is 190 g/mol. The fraction of sp³-hybridized carbons (Fsp3) is 0.182. The van der Waals surface area contributed by atoms with Crippen LogP contribution in [0.1, 0.15) is 12.7 Å². The summed E-state index contributed by atoms with van der Waals surface area (Å²) >= 11 is 0. The Labute approximate surface area is 87.0 Å². The third-order valence-electron chi connectivity index (χ3n) is 2.16. The van der Waals surface area contributed by atoms with Crippen LogP contribution in [0.15, 0.2) is 35.5 Å². The molecule has 0 saturated heterocycles. The summed E-state index contributed by atoms with van der Waals surface area (Å²) < 4.78 is 0. The van der Waals surface area contributed by atoms with E-state index in [0.717, 1.165) is 12.0 Å². The average molecular weight is 201 g/mol. The molecule has 0 spiro atoms. The van der Waals surface area contributed by atoms with Crippen molar-refractivity contribution in [1.29, 1.82) is 0 Å². The number of hydrogen-bond donors (Lipinski definition) is 1. The summed E-state index contributed by atoms with van der Waals surface area (Å²) in [6, 6.07) is 3.63. The minimum atomic E-state index is -0.116. The number of nitrogens with one attached hydrogen (secondary N) is 1. The van der Waals surface area contributed by atoms with E-state index in [4.69, 9.17) is 0 Å². The molecule has 0 aliphatic carbocycles. The molecule has 2 aromatic heterocycles. The molecule has 0 fully saturated rings. The molecule has 4 heteroatoms. The van der Waals surface area contributed by atoms with E-state index < -0.39 is 0 Å². The van der Waals surface area contributed by atoms with Gasteiger partial charge in [0, 0.05) is 30.6 Å². The molecule has 1 N–H and O–H groups in total. The van der Waals surface area contributed by atoms with Crippen molar-refractivity contribution in [3.63, 3.8) is 0 Å². The van der Waals surface area contributed by atoms with Crippen LogP contribution in [-0.4, -0.2) is 15.0 Å². The largest absolute Gasteiger partial charge is 0.310 e. The van der Waals surface area contributed by atoms with Gasteiger partial charge in [-0.25, -0.2) is 4.98 Å². The van der Waals surface area contributed by atoms with Crippen molar-refractivity contribution in [3.05, 3.63) is 46.9 Å². The number of aromatic amines is 1. The van der Waals surface area contributed by atoms with Gasteiger partial charge in [0.2, 0.25) is 0 Å². The Morgan fingerprint density at radius 1 is 1.40 bits per heavy atom. The first-order valence-corrected chi connectivity index (χ1v) is 4.80. The van der Waals surface area contributed by atoms with Crippen LogP contribution in [0, 0.1) is 0 Å². The van der Waals surface area contributed by atoms with Gasteiger partial charge in [0.25, 0.3) is 5.56 Å². The monoisotopic (exact) mass is 201 g/mol. The van der Waals surface area contributed by atoms with Gasteiger partial charge in [0.05, 0.1) is 5.56 Å². The van der Waals surface area contributed by atoms with Gasteiger partial charge in [0.15, 0.2) is 0 Å². The van der Waals surface area contributed by atoms with E-state index in [1.807, 2.05) is 13.0 Å². The van der Waals surface area contributed by atoms with Crippen LogP contribution in [0.5, 0.6) is 0 Å². The lowest BCUT2D eigenvalue weighted by molar-refractivity contribution is 0.922. The first kappa shape index (κ1) is 9.58. The van der Waals surface area contributed by atoms with Crippen LogP contribution in [0.25, 0.3) is 11.1 Å². The van der Waals surface area contributed by atoms with Gasteiger partial charge >= 0.3 is 0 Å². The second kappa shape index (κ2) is 4.04. The molecule has 0 unspecified atom stereocenters. The molecule has 2 heterocycles. The zero-order chi connectivity index (χ0) is 10.7. The predicted molar refractivity (Wildman–Crippen MR) is 57.5 cm³/mol. The zero-order valence-electron chi connectivity index (χ0n) is 8.40. The lowest BCUT2D eigenvalue weighted by Gasteiger charge is -2.00. The third-order valence-corrected chi connectivity index (χ3v) is 2.16. The molecular formula is C11H11N3O. The summed E-state index contributed by atoms with van der Waals surface area (Å²) in [4.78, 5) is 22.5. The Bertz CT molecular complexity index is 505. The van der Waals surface area contributed by atoms with E-state index in [1.165, 1.54) is 0 Å². The number of aryl methyl sites for hydroxylation is 1. The molecule has 0 aliphatic rings. The predicted octanol–water partition coefficient (Wildman–Crippen LogP) is 1.39. The highest BCUT2D eigenvalue weighted by Crippen LogP contribution is 2.11. The Hall–Kier alpha value is -1.97. The average Bonchev–Trinajstić information content (AvgIpc) is 2.30. The van der Waals surface area contributed by atoms with Gasteiger partial charge in [-0.1, -0.05) is 13.0 Å². The van der Waals surface area contributed by atoms with E-state index in [2.05, 4.69) is 15.0 Å². The van der Waals surface area contributed by atoms with Crippen molar-refractivity contribution in [3.8, 4) is 11.1 Å². The van der Waals surface area contributed by atoms with E-state index in [9.17, 15) is 4.79 Å². The molecule has 76 valence electrons. The highest BCUT2D eigenvalue weighted by Gasteiger charge is 2.03. The number of pyridine rings is 1. The zero-order valence-corrected chi connectivity index (χ0v) is 8.40. The number of rotatable bonds is 2. The van der Waals surface area contributed by atoms with E-state index in [-0.39, 0.29) is 5.56 Å². The quantitative estimate of drug-likeness (QED) is 0.798. The van der Waals surface area contributed by atoms with Crippen molar-refractivity contribution in [2.24, 2.45) is 0 Å². The molecule has 4 nitrogen and oxygen atoms in total. The summed E-state index contributed by atoms with van der Waals surface area (Å²) in [5.74, 6) is 0.702. The van der Waals surface area contributed by atoms with Gasteiger partial charge in [-0.05, 0) is 6.07 Å². The van der Waals surface area contributed by atoms with Crippen LogP contribution < -0.4 is 5.56 Å². The maximum Gasteiger partial charge on any atom is 0.258 e. The molecule has 0 bridgehead atoms. The Morgan fingerprint density at radius 3 is 2.87 bits per heavy atom. The van der Waals surface area contributed by atoms with Gasteiger partial charge < -0.3 is 4.98 Å². The summed E-state index contributed by atoms with van der Waals surface area (Å²) in [5, 5.41) is 0. The Morgan fingerprint density at radius 2 is 2.27 bits per heavy atom. The standard InChI is InChI=1S/C11H11N3O/c1-2-10-13-7-9(11(15)14-10)8-4-3-5-12-6-8/h3-7H,2H2,1H3,(H,13,14,15). The molecule has 15 heavy (non-hydrogen) atoms. The van der Waals surface area contributed by atoms with Crippen LogP contribution >= 0.6 is 0 Å². The molecule has 0 radical (unpaired) electrons. The van der Waals surface area contributed by atoms with Crippen LogP contribution in [0.4, 0.5) is 0 Å². The lowest BCUT2D eigenvalue weighted by Crippen LogP contribution is -2.12. The molecule has 0 atom stereocenters. The summed E-state index contributed by atoms with van der Waals surface area (Å²) in [6.07, 6.45) is 5.64. The number of nitrogens with zero attached hydrogens (tertiary/aromatic N) is 2. The summed E-state index contributed by atoms with van der Waals surface area (Å²) in [6.45, 7) is 1.95. The topological polar surface area (TPSA) is 58.6 Å². The molecule has 0 aliphatic heterocycles. The number of H-pyrrole nitrogens is 1. The first-order valence-electron chi connectivity index (χ1n) is 4.80. The molecule has 2 aromatic rings. The smallest absolute Gasteiger partial charge is 0.258 e. The number of aromatic nitrogens is 3. The Kier molecular flexibility index (Phi) is 2.58. The maximum absolute atomic E-state index is 11.7. The van der Waals surface area contributed by atoms with Gasteiger partial charge in [-0.15, -0.1) is 0 Å². The van der Waals surface area contributed by atoms with Gasteiger partial charge in [-0.2, -0.15) is 0 Å². The van der Waals surface area contributed by atoms with Crippen LogP contribution in [0.3, 0.4) is 0 Å². The molecule has 0 amide bonds. The van der Waals surface area contributed by atoms with E-state index >= 15 is 0 Å². The molecule has 0 saturated carbocycles. The SMILES string of the molecule is CCc1ncc(-c2cccnc2)c(=O)[nH]1. The number of hydrogen-bond acceptors (Lipinski definition) is 3. The summed E-state index contributed by atoms with van der Waals surface area (Å²) in [5.41, 5.74) is 1.23. The molecule has 2 rings (SSSR count). The van der Waals surface area contributed by atoms with E-state index in [1.54, 1.807) is 24.7 Å². The maximum atomic E-state index is 11.7. The third kappa shape index (κ3) is 1.93.